The maximum Gasteiger partial charge on any atom is 0.290 e. The van der Waals surface area contributed by atoms with Crippen molar-refractivity contribution in [1.82, 2.24) is 5.32 Å². The van der Waals surface area contributed by atoms with E-state index in [2.05, 4.69) is 5.32 Å². The highest BCUT2D eigenvalue weighted by molar-refractivity contribution is 8.18. The number of nitrogens with one attached hydrogen (secondary N) is 1. The Morgan fingerprint density at radius 3 is 2.72 bits per heavy atom. The standard InChI is InChI=1S/C12H11BNO3S/c1-13-8-5-7(3-4-9(8)17-2)6-10-11(15)14-12(16)18-10/h3-6H,1-2H3,(H,14,15,16)/b10-6-. The minimum Gasteiger partial charge on any atom is -0.497 e. The molecule has 1 N–H and O–H groups in total. The van der Waals surface area contributed by atoms with Crippen LogP contribution in [-0.4, -0.2) is 25.5 Å². The van der Waals surface area contributed by atoms with E-state index < -0.39 is 0 Å². The summed E-state index contributed by atoms with van der Waals surface area (Å²) in [6, 6.07) is 5.58. The molecule has 6 heteroatoms. The van der Waals surface area contributed by atoms with Crippen LogP contribution in [0.1, 0.15) is 5.56 Å². The van der Waals surface area contributed by atoms with Gasteiger partial charge in [-0.2, -0.15) is 0 Å². The van der Waals surface area contributed by atoms with Crippen LogP contribution in [-0.2, 0) is 4.79 Å². The maximum absolute atomic E-state index is 11.4. The van der Waals surface area contributed by atoms with Crippen molar-refractivity contribution in [2.45, 2.75) is 6.82 Å². The lowest BCUT2D eigenvalue weighted by atomic mass is 9.72. The Balaban J connectivity index is 2.32. The van der Waals surface area contributed by atoms with Crippen LogP contribution >= 0.6 is 11.8 Å². The number of thioether (sulfide) groups is 1. The molecule has 1 heterocycles. The van der Waals surface area contributed by atoms with Gasteiger partial charge in [-0.3, -0.25) is 14.9 Å². The van der Waals surface area contributed by atoms with Gasteiger partial charge >= 0.3 is 0 Å². The summed E-state index contributed by atoms with van der Waals surface area (Å²) in [5, 5.41) is 1.89. The van der Waals surface area contributed by atoms with E-state index in [0.717, 1.165) is 28.5 Å². The van der Waals surface area contributed by atoms with Gasteiger partial charge < -0.3 is 4.74 Å². The van der Waals surface area contributed by atoms with Crippen molar-refractivity contribution in [1.29, 1.82) is 0 Å². The van der Waals surface area contributed by atoms with Crippen LogP contribution in [0.25, 0.3) is 6.08 Å². The predicted molar refractivity (Wildman–Crippen MR) is 73.4 cm³/mol. The molecule has 0 aromatic heterocycles. The third kappa shape index (κ3) is 2.59. The van der Waals surface area contributed by atoms with Crippen molar-refractivity contribution < 1.29 is 14.3 Å². The van der Waals surface area contributed by atoms with Crippen molar-refractivity contribution in [3.63, 3.8) is 0 Å². The second-order valence-corrected chi connectivity index (χ2v) is 4.66. The molecule has 1 aliphatic rings. The van der Waals surface area contributed by atoms with Crippen LogP contribution in [0, 0.1) is 0 Å². The number of ether oxygens (including phenoxy) is 1. The molecule has 0 atom stereocenters. The zero-order valence-corrected chi connectivity index (χ0v) is 10.8. The minimum absolute atomic E-state index is 0.331. The van der Waals surface area contributed by atoms with E-state index >= 15 is 0 Å². The SMILES string of the molecule is C[B]c1cc(/C=C2\SC(=O)NC2=O)ccc1OC. The molecular weight excluding hydrogens is 249 g/mol. The molecule has 0 spiro atoms. The van der Waals surface area contributed by atoms with Crippen molar-refractivity contribution >= 4 is 41.7 Å². The van der Waals surface area contributed by atoms with Crippen molar-refractivity contribution in [2.75, 3.05) is 7.11 Å². The lowest BCUT2D eigenvalue weighted by molar-refractivity contribution is -0.115. The summed E-state index contributed by atoms with van der Waals surface area (Å²) in [5.41, 5.74) is 1.80. The second kappa shape index (κ2) is 5.31. The molecule has 0 bridgehead atoms. The van der Waals surface area contributed by atoms with Crippen LogP contribution in [0.2, 0.25) is 6.82 Å². The molecule has 0 saturated carbocycles. The van der Waals surface area contributed by atoms with Gasteiger partial charge in [-0.15, -0.1) is 0 Å². The monoisotopic (exact) mass is 260 g/mol. The van der Waals surface area contributed by atoms with E-state index in [0.29, 0.717) is 4.91 Å². The minimum atomic E-state index is -0.345. The Labute approximate surface area is 110 Å². The summed E-state index contributed by atoms with van der Waals surface area (Å²) in [7, 11) is 3.53. The number of amides is 2. The van der Waals surface area contributed by atoms with Crippen LogP contribution in [0.5, 0.6) is 5.75 Å². The average molecular weight is 260 g/mol. The van der Waals surface area contributed by atoms with Crippen LogP contribution in [0.4, 0.5) is 4.79 Å². The Bertz CT molecular complexity index is 542. The molecule has 1 aromatic rings. The molecule has 1 radical (unpaired) electrons. The largest absolute Gasteiger partial charge is 0.497 e. The fourth-order valence-electron chi connectivity index (χ4n) is 1.64. The molecular formula is C12H11BNO3S. The Kier molecular flexibility index (Phi) is 3.76. The molecule has 0 unspecified atom stereocenters. The molecule has 0 aliphatic carbocycles. The Morgan fingerprint density at radius 1 is 1.39 bits per heavy atom. The number of methoxy groups -OCH3 is 1. The van der Waals surface area contributed by atoms with Gasteiger partial charge in [0.2, 0.25) is 0 Å². The smallest absolute Gasteiger partial charge is 0.290 e. The van der Waals surface area contributed by atoms with E-state index in [1.165, 1.54) is 0 Å². The number of hydrogen-bond acceptors (Lipinski definition) is 4. The van der Waals surface area contributed by atoms with Gasteiger partial charge in [-0.1, -0.05) is 19.0 Å². The number of carbonyl (C=O) groups is 2. The Hall–Kier alpha value is -1.69. The first kappa shape index (κ1) is 12.8. The topological polar surface area (TPSA) is 55.4 Å². The summed E-state index contributed by atoms with van der Waals surface area (Å²) >= 11 is 0.912. The van der Waals surface area contributed by atoms with Gasteiger partial charge in [0.15, 0.2) is 7.28 Å². The van der Waals surface area contributed by atoms with Crippen LogP contribution < -0.4 is 15.5 Å². The van der Waals surface area contributed by atoms with E-state index in [1.807, 2.05) is 32.3 Å². The number of hydrogen-bond donors (Lipinski definition) is 1. The molecule has 2 rings (SSSR count). The van der Waals surface area contributed by atoms with Gasteiger partial charge in [-0.25, -0.2) is 0 Å². The number of imide groups is 1. The molecule has 18 heavy (non-hydrogen) atoms. The lowest BCUT2D eigenvalue weighted by Crippen LogP contribution is -2.18. The van der Waals surface area contributed by atoms with Crippen LogP contribution in [0.3, 0.4) is 0 Å². The van der Waals surface area contributed by atoms with Gasteiger partial charge in [0.05, 0.1) is 12.0 Å². The summed E-state index contributed by atoms with van der Waals surface area (Å²) in [6.45, 7) is 1.91. The third-order valence-electron chi connectivity index (χ3n) is 2.50. The predicted octanol–water partition coefficient (Wildman–Crippen LogP) is 1.40. The first-order chi connectivity index (χ1) is 8.63. The van der Waals surface area contributed by atoms with E-state index in [4.69, 9.17) is 4.74 Å². The van der Waals surface area contributed by atoms with Crippen molar-refractivity contribution in [3.05, 3.63) is 28.7 Å². The lowest BCUT2D eigenvalue weighted by Gasteiger charge is -2.07. The summed E-state index contributed by atoms with van der Waals surface area (Å²) < 4.78 is 5.21. The molecule has 1 saturated heterocycles. The highest BCUT2D eigenvalue weighted by Gasteiger charge is 2.24. The van der Waals surface area contributed by atoms with Gasteiger partial charge in [0.25, 0.3) is 11.1 Å². The highest BCUT2D eigenvalue weighted by atomic mass is 32.2. The zero-order chi connectivity index (χ0) is 13.1. The molecule has 91 valence electrons. The quantitative estimate of drug-likeness (QED) is 0.659. The van der Waals surface area contributed by atoms with E-state index in [-0.39, 0.29) is 11.1 Å². The zero-order valence-electron chi connectivity index (χ0n) is 10.0. The maximum atomic E-state index is 11.4. The first-order valence-corrected chi connectivity index (χ1v) is 6.18. The van der Waals surface area contributed by atoms with Crippen LogP contribution in [0.15, 0.2) is 23.1 Å². The third-order valence-corrected chi connectivity index (χ3v) is 3.32. The van der Waals surface area contributed by atoms with Crippen molar-refractivity contribution in [2.24, 2.45) is 0 Å². The molecule has 1 fully saturated rings. The summed E-state index contributed by atoms with van der Waals surface area (Å²) in [4.78, 5) is 22.9. The van der Waals surface area contributed by atoms with Crippen molar-refractivity contribution in [3.8, 4) is 5.75 Å². The van der Waals surface area contributed by atoms with E-state index in [9.17, 15) is 9.59 Å². The average Bonchev–Trinajstić information content (AvgIpc) is 2.67. The normalized spacial score (nSPS) is 16.9. The fourth-order valence-corrected chi connectivity index (χ4v) is 2.32. The Morgan fingerprint density at radius 2 is 2.17 bits per heavy atom. The summed E-state index contributed by atoms with van der Waals surface area (Å²) in [5.74, 6) is 0.432. The number of carbonyl (C=O) groups excluding carboxylic acids is 2. The van der Waals surface area contributed by atoms with E-state index in [1.54, 1.807) is 13.2 Å². The first-order valence-electron chi connectivity index (χ1n) is 5.36. The molecule has 2 amide bonds. The van der Waals surface area contributed by atoms with Gasteiger partial charge in [0, 0.05) is 0 Å². The highest BCUT2D eigenvalue weighted by Crippen LogP contribution is 2.25. The fraction of sp³-hybridized carbons (Fsp3) is 0.167. The number of benzene rings is 1. The van der Waals surface area contributed by atoms with Gasteiger partial charge in [0.1, 0.15) is 5.75 Å². The molecule has 1 aliphatic heterocycles. The second-order valence-electron chi connectivity index (χ2n) is 3.64. The number of rotatable bonds is 3. The molecule has 1 aromatic carbocycles. The molecule has 4 nitrogen and oxygen atoms in total. The van der Waals surface area contributed by atoms with Gasteiger partial charge in [-0.05, 0) is 34.9 Å². The summed E-state index contributed by atoms with van der Waals surface area (Å²) in [6.07, 6.45) is 1.69.